The first-order valence-electron chi connectivity index (χ1n) is 4.58. The van der Waals surface area contributed by atoms with Crippen LogP contribution >= 0.6 is 0 Å². The number of imide groups is 1. The van der Waals surface area contributed by atoms with Crippen molar-refractivity contribution in [1.82, 2.24) is 10.4 Å². The first kappa shape index (κ1) is 12.1. The topological polar surface area (TPSA) is 119 Å². The lowest BCUT2D eigenvalue weighted by atomic mass is 10.4. The fraction of sp³-hybridized carbons (Fsp3) is 0.500. The Balaban J connectivity index is 2.36. The number of hydroxylamine groups is 2. The molecule has 1 saturated heterocycles. The third-order valence-corrected chi connectivity index (χ3v) is 1.81. The second-order valence-electron chi connectivity index (χ2n) is 3.03. The van der Waals surface area contributed by atoms with Crippen LogP contribution in [-0.4, -0.2) is 41.8 Å². The molecule has 1 aliphatic rings. The van der Waals surface area contributed by atoms with Crippen molar-refractivity contribution < 1.29 is 24.0 Å². The van der Waals surface area contributed by atoms with Crippen molar-refractivity contribution >= 4 is 23.7 Å². The predicted octanol–water partition coefficient (Wildman–Crippen LogP) is -2.33. The SMILES string of the molecule is NCC(=O)NCC(=O)ON1C(=O)CCC1=O. The van der Waals surface area contributed by atoms with Crippen molar-refractivity contribution in [3.63, 3.8) is 0 Å². The zero-order valence-corrected chi connectivity index (χ0v) is 8.39. The number of nitrogens with one attached hydrogen (secondary N) is 1. The Hall–Kier alpha value is -1.96. The zero-order valence-electron chi connectivity index (χ0n) is 8.39. The van der Waals surface area contributed by atoms with E-state index in [4.69, 9.17) is 5.73 Å². The second kappa shape index (κ2) is 5.21. The zero-order chi connectivity index (χ0) is 12.1. The molecule has 0 unspecified atom stereocenters. The Morgan fingerprint density at radius 3 is 2.38 bits per heavy atom. The molecule has 1 aliphatic heterocycles. The van der Waals surface area contributed by atoms with Gasteiger partial charge in [-0.1, -0.05) is 0 Å². The van der Waals surface area contributed by atoms with Crippen molar-refractivity contribution in [1.29, 1.82) is 0 Å². The average molecular weight is 229 g/mol. The highest BCUT2D eigenvalue weighted by atomic mass is 16.7. The van der Waals surface area contributed by atoms with Gasteiger partial charge >= 0.3 is 5.97 Å². The smallest absolute Gasteiger partial charge is 0.344 e. The Labute approximate surface area is 90.7 Å². The first-order valence-corrected chi connectivity index (χ1v) is 4.58. The summed E-state index contributed by atoms with van der Waals surface area (Å²) in [5, 5.41) is 2.56. The molecule has 8 nitrogen and oxygen atoms in total. The van der Waals surface area contributed by atoms with Gasteiger partial charge in [0.05, 0.1) is 6.54 Å². The van der Waals surface area contributed by atoms with Gasteiger partial charge < -0.3 is 15.9 Å². The van der Waals surface area contributed by atoms with Gasteiger partial charge in [0.25, 0.3) is 11.8 Å². The molecule has 1 fully saturated rings. The molecule has 0 spiro atoms. The maximum Gasteiger partial charge on any atom is 0.352 e. The predicted molar refractivity (Wildman–Crippen MR) is 49.2 cm³/mol. The van der Waals surface area contributed by atoms with Gasteiger partial charge in [0.15, 0.2) is 0 Å². The molecular weight excluding hydrogens is 218 g/mol. The molecule has 0 bridgehead atoms. The van der Waals surface area contributed by atoms with Crippen LogP contribution in [0.15, 0.2) is 0 Å². The first-order chi connectivity index (χ1) is 7.54. The van der Waals surface area contributed by atoms with E-state index in [9.17, 15) is 19.2 Å². The van der Waals surface area contributed by atoms with Gasteiger partial charge in [-0.25, -0.2) is 4.79 Å². The van der Waals surface area contributed by atoms with Gasteiger partial charge in [-0.3, -0.25) is 14.4 Å². The fourth-order valence-electron chi connectivity index (χ4n) is 1.03. The Kier molecular flexibility index (Phi) is 3.95. The van der Waals surface area contributed by atoms with Crippen LogP contribution in [0.1, 0.15) is 12.8 Å². The van der Waals surface area contributed by atoms with E-state index in [0.717, 1.165) is 0 Å². The van der Waals surface area contributed by atoms with E-state index in [1.54, 1.807) is 0 Å². The van der Waals surface area contributed by atoms with E-state index in [-0.39, 0.29) is 19.4 Å². The van der Waals surface area contributed by atoms with E-state index in [1.807, 2.05) is 0 Å². The minimum absolute atomic E-state index is 0.0290. The monoisotopic (exact) mass is 229 g/mol. The lowest BCUT2D eigenvalue weighted by Crippen LogP contribution is -2.39. The summed E-state index contributed by atoms with van der Waals surface area (Å²) in [4.78, 5) is 48.3. The van der Waals surface area contributed by atoms with Crippen LogP contribution in [0.25, 0.3) is 0 Å². The molecule has 0 saturated carbocycles. The molecule has 16 heavy (non-hydrogen) atoms. The summed E-state index contributed by atoms with van der Waals surface area (Å²) in [5.41, 5.74) is 4.98. The summed E-state index contributed by atoms with van der Waals surface area (Å²) in [6.07, 6.45) is 0.0581. The third-order valence-electron chi connectivity index (χ3n) is 1.81. The molecular formula is C8H11N3O5. The van der Waals surface area contributed by atoms with Gasteiger partial charge in [-0.05, 0) is 0 Å². The van der Waals surface area contributed by atoms with E-state index < -0.39 is 30.2 Å². The molecule has 1 heterocycles. The molecule has 88 valence electrons. The van der Waals surface area contributed by atoms with Crippen LogP contribution in [0.5, 0.6) is 0 Å². The Morgan fingerprint density at radius 2 is 1.88 bits per heavy atom. The normalized spacial score (nSPS) is 15.2. The summed E-state index contributed by atoms with van der Waals surface area (Å²) in [5.74, 6) is -2.56. The second-order valence-corrected chi connectivity index (χ2v) is 3.03. The minimum atomic E-state index is -0.898. The summed E-state index contributed by atoms with van der Waals surface area (Å²) >= 11 is 0. The summed E-state index contributed by atoms with van der Waals surface area (Å²) in [6.45, 7) is -0.693. The minimum Gasteiger partial charge on any atom is -0.344 e. The quantitative estimate of drug-likeness (QED) is 0.522. The average Bonchev–Trinajstić information content (AvgIpc) is 2.57. The number of nitrogens with zero attached hydrogens (tertiary/aromatic N) is 1. The Morgan fingerprint density at radius 1 is 1.31 bits per heavy atom. The van der Waals surface area contributed by atoms with Crippen LogP contribution in [0.4, 0.5) is 0 Å². The van der Waals surface area contributed by atoms with Crippen molar-refractivity contribution in [2.24, 2.45) is 5.73 Å². The summed E-state index contributed by atoms with van der Waals surface area (Å²) < 4.78 is 0. The van der Waals surface area contributed by atoms with Crippen LogP contribution < -0.4 is 11.1 Å². The molecule has 0 aliphatic carbocycles. The molecule has 3 amide bonds. The fourth-order valence-corrected chi connectivity index (χ4v) is 1.03. The van der Waals surface area contributed by atoms with Crippen LogP contribution in [0.2, 0.25) is 0 Å². The van der Waals surface area contributed by atoms with Crippen molar-refractivity contribution in [3.8, 4) is 0 Å². The van der Waals surface area contributed by atoms with Gasteiger partial charge in [0.1, 0.15) is 6.54 Å². The van der Waals surface area contributed by atoms with E-state index in [1.165, 1.54) is 0 Å². The molecule has 0 aromatic rings. The van der Waals surface area contributed by atoms with E-state index >= 15 is 0 Å². The van der Waals surface area contributed by atoms with Gasteiger partial charge in [0.2, 0.25) is 5.91 Å². The highest BCUT2D eigenvalue weighted by molar-refractivity contribution is 6.01. The van der Waals surface area contributed by atoms with Crippen LogP contribution in [-0.2, 0) is 24.0 Å². The molecule has 0 atom stereocenters. The van der Waals surface area contributed by atoms with Crippen LogP contribution in [0.3, 0.4) is 0 Å². The van der Waals surface area contributed by atoms with E-state index in [2.05, 4.69) is 10.2 Å². The third kappa shape index (κ3) is 3.02. The molecule has 3 N–H and O–H groups in total. The van der Waals surface area contributed by atoms with Gasteiger partial charge in [0, 0.05) is 12.8 Å². The molecule has 0 aromatic heterocycles. The largest absolute Gasteiger partial charge is 0.352 e. The lowest BCUT2D eigenvalue weighted by Gasteiger charge is -2.12. The standard InChI is InChI=1S/C8H11N3O5/c9-3-5(12)10-4-8(15)16-11-6(13)1-2-7(11)14/h1-4,9H2,(H,10,12). The lowest BCUT2D eigenvalue weighted by molar-refractivity contribution is -0.196. The van der Waals surface area contributed by atoms with Crippen molar-refractivity contribution in [2.75, 3.05) is 13.1 Å². The highest BCUT2D eigenvalue weighted by Crippen LogP contribution is 2.11. The molecule has 0 aromatic carbocycles. The number of nitrogens with two attached hydrogens (primary N) is 1. The van der Waals surface area contributed by atoms with E-state index in [0.29, 0.717) is 5.06 Å². The number of hydrogen-bond acceptors (Lipinski definition) is 6. The van der Waals surface area contributed by atoms with Gasteiger partial charge in [-0.15, -0.1) is 5.06 Å². The number of carbonyl (C=O) groups excluding carboxylic acids is 4. The summed E-state index contributed by atoms with van der Waals surface area (Å²) in [7, 11) is 0. The molecule has 8 heteroatoms. The molecule has 0 radical (unpaired) electrons. The van der Waals surface area contributed by atoms with Gasteiger partial charge in [-0.2, -0.15) is 0 Å². The number of rotatable bonds is 4. The number of amides is 3. The van der Waals surface area contributed by atoms with Crippen LogP contribution in [0, 0.1) is 0 Å². The van der Waals surface area contributed by atoms with Crippen molar-refractivity contribution in [3.05, 3.63) is 0 Å². The Bertz CT molecular complexity index is 325. The highest BCUT2D eigenvalue weighted by Gasteiger charge is 2.32. The maximum absolute atomic E-state index is 11.1. The summed E-state index contributed by atoms with van der Waals surface area (Å²) in [6, 6.07) is 0. The number of carbonyl (C=O) groups is 4. The maximum atomic E-state index is 11.1. The van der Waals surface area contributed by atoms with Crippen molar-refractivity contribution in [2.45, 2.75) is 12.8 Å². The number of hydrogen-bond donors (Lipinski definition) is 2. The molecule has 1 rings (SSSR count).